The van der Waals surface area contributed by atoms with Crippen molar-refractivity contribution in [1.29, 1.82) is 0 Å². The minimum absolute atomic E-state index is 0.434. The summed E-state index contributed by atoms with van der Waals surface area (Å²) in [5.74, 6) is 0. The van der Waals surface area contributed by atoms with E-state index in [1.54, 1.807) is 6.20 Å². The van der Waals surface area contributed by atoms with Crippen LogP contribution in [0.15, 0.2) is 30.5 Å². The Morgan fingerprint density at radius 3 is 2.46 bits per heavy atom. The standard InChI is InChI=1S/C8H5ClN2.CH2O/c9-8-5-10-6-3-1-2-4-7(6)11-8;1-2/h1-5H;1H2. The molecule has 0 spiro atoms. The molecule has 0 saturated heterocycles. The first-order valence-electron chi connectivity index (χ1n) is 3.52. The van der Waals surface area contributed by atoms with Gasteiger partial charge in [0.2, 0.25) is 0 Å². The van der Waals surface area contributed by atoms with Gasteiger partial charge in [0.25, 0.3) is 0 Å². The molecule has 2 aromatic rings. The average Bonchev–Trinajstić information content (AvgIpc) is 2.21. The Morgan fingerprint density at radius 2 is 1.77 bits per heavy atom. The van der Waals surface area contributed by atoms with Crippen molar-refractivity contribution in [2.24, 2.45) is 0 Å². The lowest BCUT2D eigenvalue weighted by Gasteiger charge is -1.93. The van der Waals surface area contributed by atoms with Crippen LogP contribution in [0.2, 0.25) is 5.15 Å². The van der Waals surface area contributed by atoms with Gasteiger partial charge in [-0.25, -0.2) is 4.98 Å². The zero-order chi connectivity index (χ0) is 9.68. The highest BCUT2D eigenvalue weighted by Gasteiger charge is 1.93. The molecule has 1 aromatic carbocycles. The highest BCUT2D eigenvalue weighted by molar-refractivity contribution is 6.29. The van der Waals surface area contributed by atoms with E-state index in [1.165, 1.54) is 0 Å². The topological polar surface area (TPSA) is 42.9 Å². The van der Waals surface area contributed by atoms with Gasteiger partial charge >= 0.3 is 0 Å². The third-order valence-electron chi connectivity index (χ3n) is 1.42. The summed E-state index contributed by atoms with van der Waals surface area (Å²) in [6.45, 7) is 2.00. The van der Waals surface area contributed by atoms with Crippen LogP contribution >= 0.6 is 11.6 Å². The highest BCUT2D eigenvalue weighted by atomic mass is 35.5. The van der Waals surface area contributed by atoms with Gasteiger partial charge in [0.1, 0.15) is 11.9 Å². The molecule has 0 atom stereocenters. The number of carbonyl (C=O) groups is 1. The van der Waals surface area contributed by atoms with Crippen LogP contribution in [0.1, 0.15) is 0 Å². The van der Waals surface area contributed by atoms with E-state index >= 15 is 0 Å². The number of rotatable bonds is 0. The van der Waals surface area contributed by atoms with Gasteiger partial charge in [-0.1, -0.05) is 23.7 Å². The van der Waals surface area contributed by atoms with Crippen LogP contribution < -0.4 is 0 Å². The van der Waals surface area contributed by atoms with E-state index in [0.29, 0.717) is 5.15 Å². The summed E-state index contributed by atoms with van der Waals surface area (Å²) in [6, 6.07) is 7.62. The summed E-state index contributed by atoms with van der Waals surface area (Å²) >= 11 is 5.65. The molecule has 0 saturated carbocycles. The van der Waals surface area contributed by atoms with E-state index in [9.17, 15) is 0 Å². The lowest BCUT2D eigenvalue weighted by molar-refractivity contribution is -0.0979. The molecule has 0 aliphatic rings. The van der Waals surface area contributed by atoms with Crippen molar-refractivity contribution in [3.05, 3.63) is 35.6 Å². The summed E-state index contributed by atoms with van der Waals surface area (Å²) in [5, 5.41) is 0.434. The Hall–Kier alpha value is -1.48. The predicted octanol–water partition coefficient (Wildman–Crippen LogP) is 2.10. The second-order valence-corrected chi connectivity index (χ2v) is 2.57. The largest absolute Gasteiger partial charge is 0.307 e. The van der Waals surface area contributed by atoms with E-state index in [-0.39, 0.29) is 0 Å². The maximum Gasteiger partial charge on any atom is 0.148 e. The van der Waals surface area contributed by atoms with Crippen LogP contribution in [-0.4, -0.2) is 16.8 Å². The number of para-hydroxylation sites is 2. The summed E-state index contributed by atoms with van der Waals surface area (Å²) in [7, 11) is 0. The SMILES string of the molecule is C=O.Clc1cnc2ccccc2n1. The molecular formula is C9H7ClN2O. The number of aromatic nitrogens is 2. The van der Waals surface area contributed by atoms with Gasteiger partial charge in [-0.2, -0.15) is 0 Å². The smallest absolute Gasteiger partial charge is 0.148 e. The molecule has 0 radical (unpaired) electrons. The van der Waals surface area contributed by atoms with Gasteiger partial charge in [-0.3, -0.25) is 4.98 Å². The lowest BCUT2D eigenvalue weighted by atomic mass is 10.3. The Labute approximate surface area is 80.4 Å². The van der Waals surface area contributed by atoms with E-state index in [2.05, 4.69) is 9.97 Å². The van der Waals surface area contributed by atoms with Crippen molar-refractivity contribution in [3.63, 3.8) is 0 Å². The molecule has 2 rings (SSSR count). The first-order valence-corrected chi connectivity index (χ1v) is 3.90. The molecule has 1 heterocycles. The zero-order valence-corrected chi connectivity index (χ0v) is 7.53. The van der Waals surface area contributed by atoms with Crippen LogP contribution in [0.25, 0.3) is 11.0 Å². The van der Waals surface area contributed by atoms with Gasteiger partial charge in [0.05, 0.1) is 17.2 Å². The molecule has 0 unspecified atom stereocenters. The summed E-state index contributed by atoms with van der Waals surface area (Å²) in [4.78, 5) is 16.2. The maximum absolute atomic E-state index is 8.00. The van der Waals surface area contributed by atoms with E-state index in [1.807, 2.05) is 31.1 Å². The number of hydrogen-bond acceptors (Lipinski definition) is 3. The van der Waals surface area contributed by atoms with Crippen molar-refractivity contribution in [3.8, 4) is 0 Å². The van der Waals surface area contributed by atoms with Crippen LogP contribution in [-0.2, 0) is 4.79 Å². The van der Waals surface area contributed by atoms with Crippen molar-refractivity contribution >= 4 is 29.4 Å². The minimum Gasteiger partial charge on any atom is -0.307 e. The van der Waals surface area contributed by atoms with Gasteiger partial charge in [0.15, 0.2) is 0 Å². The monoisotopic (exact) mass is 194 g/mol. The van der Waals surface area contributed by atoms with E-state index in [4.69, 9.17) is 16.4 Å². The average molecular weight is 195 g/mol. The second-order valence-electron chi connectivity index (χ2n) is 2.18. The number of benzene rings is 1. The first-order chi connectivity index (χ1) is 6.36. The molecule has 13 heavy (non-hydrogen) atoms. The van der Waals surface area contributed by atoms with E-state index < -0.39 is 0 Å². The molecule has 0 N–H and O–H groups in total. The molecule has 0 fully saturated rings. The Kier molecular flexibility index (Phi) is 3.34. The normalized spacial score (nSPS) is 9.00. The Balaban J connectivity index is 0.000000396. The van der Waals surface area contributed by atoms with Crippen molar-refractivity contribution in [2.75, 3.05) is 0 Å². The molecule has 4 heteroatoms. The molecule has 0 aliphatic heterocycles. The second kappa shape index (κ2) is 4.52. The number of carbonyl (C=O) groups excluding carboxylic acids is 1. The predicted molar refractivity (Wildman–Crippen MR) is 51.7 cm³/mol. The van der Waals surface area contributed by atoms with Gasteiger partial charge in [-0.15, -0.1) is 0 Å². The van der Waals surface area contributed by atoms with Gasteiger partial charge < -0.3 is 4.79 Å². The van der Waals surface area contributed by atoms with Crippen LogP contribution in [0, 0.1) is 0 Å². The zero-order valence-electron chi connectivity index (χ0n) is 6.77. The molecule has 66 valence electrons. The van der Waals surface area contributed by atoms with Crippen LogP contribution in [0.5, 0.6) is 0 Å². The van der Waals surface area contributed by atoms with Gasteiger partial charge in [0, 0.05) is 0 Å². The maximum atomic E-state index is 8.00. The Morgan fingerprint density at radius 1 is 1.15 bits per heavy atom. The highest BCUT2D eigenvalue weighted by Crippen LogP contribution is 2.10. The molecule has 0 bridgehead atoms. The lowest BCUT2D eigenvalue weighted by Crippen LogP contribution is -1.81. The Bertz CT molecular complexity index is 405. The molecule has 0 amide bonds. The van der Waals surface area contributed by atoms with Crippen molar-refractivity contribution < 1.29 is 4.79 Å². The van der Waals surface area contributed by atoms with Crippen LogP contribution in [0.4, 0.5) is 0 Å². The molecule has 0 aliphatic carbocycles. The fraction of sp³-hybridized carbons (Fsp3) is 0. The third kappa shape index (κ3) is 2.23. The molecule has 1 aromatic heterocycles. The minimum atomic E-state index is 0.434. The van der Waals surface area contributed by atoms with Gasteiger partial charge in [-0.05, 0) is 12.1 Å². The summed E-state index contributed by atoms with van der Waals surface area (Å²) in [6.07, 6.45) is 1.55. The van der Waals surface area contributed by atoms with Crippen molar-refractivity contribution in [2.45, 2.75) is 0 Å². The number of fused-ring (bicyclic) bond motifs is 1. The van der Waals surface area contributed by atoms with E-state index in [0.717, 1.165) is 11.0 Å². The third-order valence-corrected chi connectivity index (χ3v) is 1.60. The molecule has 3 nitrogen and oxygen atoms in total. The quantitative estimate of drug-likeness (QED) is 0.645. The fourth-order valence-electron chi connectivity index (χ4n) is 0.935. The number of nitrogens with zero attached hydrogens (tertiary/aromatic N) is 2. The van der Waals surface area contributed by atoms with Crippen molar-refractivity contribution in [1.82, 2.24) is 9.97 Å². The number of halogens is 1. The number of hydrogen-bond donors (Lipinski definition) is 0. The van der Waals surface area contributed by atoms with Crippen LogP contribution in [0.3, 0.4) is 0 Å². The fourth-order valence-corrected chi connectivity index (χ4v) is 1.07. The summed E-state index contributed by atoms with van der Waals surface area (Å²) in [5.41, 5.74) is 1.71. The first kappa shape index (κ1) is 9.61. The molecular weight excluding hydrogens is 188 g/mol. The summed E-state index contributed by atoms with van der Waals surface area (Å²) < 4.78 is 0.